The van der Waals surface area contributed by atoms with Gasteiger partial charge in [0.2, 0.25) is 11.9 Å². The maximum absolute atomic E-state index is 14.2. The van der Waals surface area contributed by atoms with E-state index in [1.165, 1.54) is 6.08 Å². The Labute approximate surface area is 157 Å². The molecule has 1 atom stereocenters. The number of aromatic nitrogens is 2. The number of anilines is 3. The van der Waals surface area contributed by atoms with E-state index in [2.05, 4.69) is 27.2 Å². The van der Waals surface area contributed by atoms with Crippen molar-refractivity contribution < 1.29 is 13.9 Å². The zero-order valence-corrected chi connectivity index (χ0v) is 15.1. The highest BCUT2D eigenvalue weighted by molar-refractivity contribution is 5.87. The van der Waals surface area contributed by atoms with Crippen LogP contribution in [0.25, 0.3) is 0 Å². The highest BCUT2D eigenvalue weighted by Gasteiger charge is 2.23. The summed E-state index contributed by atoms with van der Waals surface area (Å²) in [6.45, 7) is 4.67. The molecule has 2 N–H and O–H groups in total. The molecule has 1 saturated heterocycles. The maximum Gasteiger partial charge on any atom is 0.246 e. The fourth-order valence-electron chi connectivity index (χ4n) is 2.95. The molecule has 0 aliphatic carbocycles. The third kappa shape index (κ3) is 4.72. The minimum Gasteiger partial charge on any atom is -0.497 e. The summed E-state index contributed by atoms with van der Waals surface area (Å²) in [5.41, 5.74) is 0.758. The maximum atomic E-state index is 14.2. The fraction of sp³-hybridized carbons (Fsp3) is 0.316. The molecule has 1 fully saturated rings. The number of hydrogen-bond donors (Lipinski definition) is 2. The normalized spacial score (nSPS) is 16.5. The molecule has 0 spiro atoms. The molecule has 1 amide bonds. The minimum atomic E-state index is -0.539. The Kier molecular flexibility index (Phi) is 5.85. The van der Waals surface area contributed by atoms with Crippen molar-refractivity contribution in [3.05, 3.63) is 48.9 Å². The van der Waals surface area contributed by atoms with Crippen LogP contribution < -0.4 is 15.4 Å². The zero-order chi connectivity index (χ0) is 19.2. The van der Waals surface area contributed by atoms with Gasteiger partial charge >= 0.3 is 0 Å². The van der Waals surface area contributed by atoms with Gasteiger partial charge in [-0.25, -0.2) is 9.37 Å². The second-order valence-electron chi connectivity index (χ2n) is 6.22. The lowest BCUT2D eigenvalue weighted by molar-refractivity contribution is -0.127. The molecule has 27 heavy (non-hydrogen) atoms. The van der Waals surface area contributed by atoms with Crippen LogP contribution in [-0.4, -0.2) is 47.0 Å². The summed E-state index contributed by atoms with van der Waals surface area (Å²) in [6.07, 6.45) is 4.08. The third-order valence-electron chi connectivity index (χ3n) is 4.34. The minimum absolute atomic E-state index is 0.0825. The van der Waals surface area contributed by atoms with Gasteiger partial charge in [-0.3, -0.25) is 4.79 Å². The molecular formula is C19H22FN5O2. The standard InChI is InChI=1S/C19H22FN5O2/c1-3-17(26)25-10-4-5-14(12-25)22-18-16(20)11-21-19(24-18)23-13-6-8-15(27-2)9-7-13/h3,6-9,11,14H,1,4-5,10,12H2,2H3,(H2,21,22,23,24)/t14-/m0/s1. The largest absolute Gasteiger partial charge is 0.497 e. The predicted octanol–water partition coefficient (Wildman–Crippen LogP) is 2.96. The number of carbonyl (C=O) groups excluding carboxylic acids is 1. The molecular weight excluding hydrogens is 349 g/mol. The van der Waals surface area contributed by atoms with Crippen molar-refractivity contribution in [1.29, 1.82) is 0 Å². The van der Waals surface area contributed by atoms with Crippen molar-refractivity contribution >= 4 is 23.4 Å². The first-order valence-corrected chi connectivity index (χ1v) is 8.70. The molecule has 0 unspecified atom stereocenters. The molecule has 0 bridgehead atoms. The van der Waals surface area contributed by atoms with E-state index in [0.717, 1.165) is 30.5 Å². The summed E-state index contributed by atoms with van der Waals surface area (Å²) in [6, 6.07) is 7.16. The van der Waals surface area contributed by atoms with Crippen LogP contribution in [0.15, 0.2) is 43.1 Å². The fourth-order valence-corrected chi connectivity index (χ4v) is 2.95. The van der Waals surface area contributed by atoms with Crippen LogP contribution in [0.4, 0.5) is 21.8 Å². The topological polar surface area (TPSA) is 79.4 Å². The molecule has 2 heterocycles. The van der Waals surface area contributed by atoms with E-state index in [1.807, 2.05) is 12.1 Å². The van der Waals surface area contributed by atoms with Gasteiger partial charge in [-0.2, -0.15) is 4.98 Å². The van der Waals surface area contributed by atoms with E-state index >= 15 is 0 Å². The zero-order valence-electron chi connectivity index (χ0n) is 15.1. The van der Waals surface area contributed by atoms with Crippen LogP contribution in [0.2, 0.25) is 0 Å². The van der Waals surface area contributed by atoms with Crippen molar-refractivity contribution in [3.63, 3.8) is 0 Å². The highest BCUT2D eigenvalue weighted by Crippen LogP contribution is 2.21. The Balaban J connectivity index is 1.69. The highest BCUT2D eigenvalue weighted by atomic mass is 19.1. The van der Waals surface area contributed by atoms with Crippen LogP contribution in [0, 0.1) is 5.82 Å². The lowest BCUT2D eigenvalue weighted by Crippen LogP contribution is -2.44. The van der Waals surface area contributed by atoms with Crippen molar-refractivity contribution in [2.75, 3.05) is 30.8 Å². The van der Waals surface area contributed by atoms with E-state index in [0.29, 0.717) is 13.1 Å². The SMILES string of the molecule is C=CC(=O)N1CCC[C@H](Nc2nc(Nc3ccc(OC)cc3)ncc2F)C1. The van der Waals surface area contributed by atoms with E-state index in [1.54, 1.807) is 24.1 Å². The molecule has 142 valence electrons. The number of methoxy groups -OCH3 is 1. The Morgan fingerprint density at radius 2 is 2.19 bits per heavy atom. The Bertz CT molecular complexity index is 812. The molecule has 1 aromatic carbocycles. The number of benzene rings is 1. The second-order valence-corrected chi connectivity index (χ2v) is 6.22. The van der Waals surface area contributed by atoms with Crippen LogP contribution in [0.5, 0.6) is 5.75 Å². The van der Waals surface area contributed by atoms with Crippen LogP contribution in [-0.2, 0) is 4.79 Å². The number of nitrogens with zero attached hydrogens (tertiary/aromatic N) is 3. The number of carbonyl (C=O) groups is 1. The summed E-state index contributed by atoms with van der Waals surface area (Å²) in [7, 11) is 1.60. The molecule has 7 nitrogen and oxygen atoms in total. The number of nitrogens with one attached hydrogen (secondary N) is 2. The number of hydrogen-bond acceptors (Lipinski definition) is 6. The third-order valence-corrected chi connectivity index (χ3v) is 4.34. The molecule has 1 aliphatic heterocycles. The average molecular weight is 371 g/mol. The van der Waals surface area contributed by atoms with Crippen molar-refractivity contribution in [2.45, 2.75) is 18.9 Å². The summed E-state index contributed by atoms with van der Waals surface area (Å²) in [5.74, 6) is 0.464. The second kappa shape index (κ2) is 8.48. The number of halogens is 1. The first kappa shape index (κ1) is 18.6. The van der Waals surface area contributed by atoms with Gasteiger partial charge in [0.15, 0.2) is 11.6 Å². The molecule has 1 aliphatic rings. The van der Waals surface area contributed by atoms with Gasteiger partial charge in [-0.05, 0) is 43.2 Å². The van der Waals surface area contributed by atoms with Gasteiger partial charge in [0.25, 0.3) is 0 Å². The van der Waals surface area contributed by atoms with Gasteiger partial charge in [-0.15, -0.1) is 0 Å². The van der Waals surface area contributed by atoms with Gasteiger partial charge < -0.3 is 20.3 Å². The number of likely N-dealkylation sites (tertiary alicyclic amines) is 1. The smallest absolute Gasteiger partial charge is 0.246 e. The lowest BCUT2D eigenvalue weighted by Gasteiger charge is -2.32. The predicted molar refractivity (Wildman–Crippen MR) is 102 cm³/mol. The Morgan fingerprint density at radius 1 is 1.41 bits per heavy atom. The van der Waals surface area contributed by atoms with Gasteiger partial charge in [-0.1, -0.05) is 6.58 Å². The van der Waals surface area contributed by atoms with Gasteiger partial charge in [0, 0.05) is 24.8 Å². The molecule has 3 rings (SSSR count). The van der Waals surface area contributed by atoms with Crippen molar-refractivity contribution in [3.8, 4) is 5.75 Å². The van der Waals surface area contributed by atoms with Crippen LogP contribution in [0.3, 0.4) is 0 Å². The molecule has 0 radical (unpaired) electrons. The lowest BCUT2D eigenvalue weighted by atomic mass is 10.1. The number of rotatable bonds is 6. The average Bonchev–Trinajstić information content (AvgIpc) is 2.70. The Morgan fingerprint density at radius 3 is 2.89 bits per heavy atom. The first-order valence-electron chi connectivity index (χ1n) is 8.70. The molecule has 1 aromatic heterocycles. The van der Waals surface area contributed by atoms with Crippen LogP contribution >= 0.6 is 0 Å². The van der Waals surface area contributed by atoms with Gasteiger partial charge in [0.05, 0.1) is 13.3 Å². The van der Waals surface area contributed by atoms with Crippen LogP contribution in [0.1, 0.15) is 12.8 Å². The monoisotopic (exact) mass is 371 g/mol. The van der Waals surface area contributed by atoms with E-state index < -0.39 is 5.82 Å². The quantitative estimate of drug-likeness (QED) is 0.760. The van der Waals surface area contributed by atoms with E-state index in [9.17, 15) is 9.18 Å². The van der Waals surface area contributed by atoms with Gasteiger partial charge in [0.1, 0.15) is 5.75 Å². The van der Waals surface area contributed by atoms with E-state index in [-0.39, 0.29) is 23.7 Å². The van der Waals surface area contributed by atoms with Crippen molar-refractivity contribution in [2.24, 2.45) is 0 Å². The molecule has 0 saturated carbocycles. The molecule has 2 aromatic rings. The first-order chi connectivity index (χ1) is 13.1. The number of ether oxygens (including phenoxy) is 1. The number of amides is 1. The summed E-state index contributed by atoms with van der Waals surface area (Å²) < 4.78 is 19.3. The number of piperidine rings is 1. The van der Waals surface area contributed by atoms with E-state index in [4.69, 9.17) is 4.74 Å². The van der Waals surface area contributed by atoms with Crippen molar-refractivity contribution in [1.82, 2.24) is 14.9 Å². The Hall–Kier alpha value is -3.16. The summed E-state index contributed by atoms with van der Waals surface area (Å²) in [5, 5.41) is 6.12. The summed E-state index contributed by atoms with van der Waals surface area (Å²) in [4.78, 5) is 21.7. The molecule has 8 heteroatoms. The summed E-state index contributed by atoms with van der Waals surface area (Å²) >= 11 is 0.